The van der Waals surface area contributed by atoms with Gasteiger partial charge in [-0.2, -0.15) is 0 Å². The number of likely N-dealkylation sites (N-methyl/N-ethyl adjacent to an activating group) is 1. The van der Waals surface area contributed by atoms with Crippen LogP contribution in [0.3, 0.4) is 0 Å². The molecular weight excluding hydrogens is 900 g/mol. The molecule has 0 aliphatic carbocycles. The Kier molecular flexibility index (Phi) is 50.0. The number of unbranched alkanes of at least 4 members (excludes halogenated alkanes) is 22. The largest absolute Gasteiger partial charge is 0.472 e. The lowest BCUT2D eigenvalue weighted by molar-refractivity contribution is -0.870. The van der Waals surface area contributed by atoms with Crippen molar-refractivity contribution in [3.8, 4) is 0 Å². The first-order valence-electron chi connectivity index (χ1n) is 28.8. The molecule has 1 amide bonds. The summed E-state index contributed by atoms with van der Waals surface area (Å²) in [6.07, 6.45) is 76.6. The SMILES string of the molecule is CC/C=C\C/C=C\C/C=C\C/C=C\C/C=C\C/C=C\CCC(=O)NC(COP(=O)(O)OCC[N+](C)(C)C)C(O)/C=C/CC/C=C/CC/C=C/CCCCCCCCCCCCCCCCCCCCCC. The van der Waals surface area contributed by atoms with Crippen molar-refractivity contribution in [2.45, 2.75) is 238 Å². The Morgan fingerprint density at radius 1 is 0.493 bits per heavy atom. The molecule has 71 heavy (non-hydrogen) atoms. The first-order chi connectivity index (χ1) is 34.5. The summed E-state index contributed by atoms with van der Waals surface area (Å²) in [6.45, 7) is 4.61. The number of carbonyl (C=O) groups excluding carboxylic acids is 1. The number of phosphoric ester groups is 1. The second-order valence-electron chi connectivity index (χ2n) is 20.3. The van der Waals surface area contributed by atoms with Crippen molar-refractivity contribution in [3.05, 3.63) is 109 Å². The zero-order chi connectivity index (χ0) is 52.0. The fraction of sp³-hybridized carbons (Fsp3) is 0.694. The van der Waals surface area contributed by atoms with Crippen LogP contribution in [0.15, 0.2) is 109 Å². The number of amides is 1. The molecule has 0 fully saturated rings. The van der Waals surface area contributed by atoms with E-state index in [1.165, 1.54) is 135 Å². The van der Waals surface area contributed by atoms with Gasteiger partial charge in [0.2, 0.25) is 5.91 Å². The van der Waals surface area contributed by atoms with Crippen molar-refractivity contribution in [1.29, 1.82) is 0 Å². The van der Waals surface area contributed by atoms with E-state index in [4.69, 9.17) is 9.05 Å². The van der Waals surface area contributed by atoms with Crippen LogP contribution in [0.5, 0.6) is 0 Å². The summed E-state index contributed by atoms with van der Waals surface area (Å²) in [5, 5.41) is 13.8. The highest BCUT2D eigenvalue weighted by molar-refractivity contribution is 7.47. The van der Waals surface area contributed by atoms with E-state index in [1.54, 1.807) is 6.08 Å². The first-order valence-corrected chi connectivity index (χ1v) is 30.3. The van der Waals surface area contributed by atoms with Crippen LogP contribution in [0.25, 0.3) is 0 Å². The number of allylic oxidation sites excluding steroid dienone is 17. The van der Waals surface area contributed by atoms with Crippen LogP contribution >= 0.6 is 7.82 Å². The van der Waals surface area contributed by atoms with Crippen LogP contribution in [0.4, 0.5) is 0 Å². The van der Waals surface area contributed by atoms with Gasteiger partial charge < -0.3 is 19.8 Å². The third kappa shape index (κ3) is 54.8. The number of carbonyl (C=O) groups is 1. The fourth-order valence-corrected chi connectivity index (χ4v) is 8.48. The lowest BCUT2D eigenvalue weighted by Gasteiger charge is -2.25. The Morgan fingerprint density at radius 3 is 1.28 bits per heavy atom. The van der Waals surface area contributed by atoms with Gasteiger partial charge in [0, 0.05) is 6.42 Å². The van der Waals surface area contributed by atoms with E-state index < -0.39 is 20.0 Å². The maximum Gasteiger partial charge on any atom is 0.472 e. The van der Waals surface area contributed by atoms with E-state index in [0.29, 0.717) is 17.4 Å². The van der Waals surface area contributed by atoms with Gasteiger partial charge in [0.25, 0.3) is 0 Å². The maximum absolute atomic E-state index is 12.9. The van der Waals surface area contributed by atoms with Crippen molar-refractivity contribution in [2.24, 2.45) is 0 Å². The van der Waals surface area contributed by atoms with Gasteiger partial charge in [-0.05, 0) is 83.5 Å². The molecule has 9 heteroatoms. The number of aliphatic hydroxyl groups is 1. The van der Waals surface area contributed by atoms with Gasteiger partial charge in [0.1, 0.15) is 13.2 Å². The molecule has 0 saturated carbocycles. The molecule has 0 saturated heterocycles. The van der Waals surface area contributed by atoms with E-state index >= 15 is 0 Å². The van der Waals surface area contributed by atoms with Crippen LogP contribution in [-0.4, -0.2) is 73.4 Å². The molecule has 3 unspecified atom stereocenters. The molecule has 0 heterocycles. The molecule has 0 aromatic heterocycles. The Bertz CT molecular complexity index is 1520. The topological polar surface area (TPSA) is 105 Å². The summed E-state index contributed by atoms with van der Waals surface area (Å²) in [5.41, 5.74) is 0. The number of phosphoric acid groups is 1. The van der Waals surface area contributed by atoms with Crippen molar-refractivity contribution >= 4 is 13.7 Å². The Balaban J connectivity index is 4.36. The molecule has 3 atom stereocenters. The summed E-state index contributed by atoms with van der Waals surface area (Å²) in [6, 6.07) is -0.919. The van der Waals surface area contributed by atoms with Crippen LogP contribution < -0.4 is 5.32 Å². The zero-order valence-corrected chi connectivity index (χ0v) is 47.3. The highest BCUT2D eigenvalue weighted by Gasteiger charge is 2.27. The quantitative estimate of drug-likeness (QED) is 0.0243. The average Bonchev–Trinajstić information content (AvgIpc) is 3.33. The van der Waals surface area contributed by atoms with Gasteiger partial charge in [-0.25, -0.2) is 4.57 Å². The lowest BCUT2D eigenvalue weighted by Crippen LogP contribution is -2.45. The molecule has 8 nitrogen and oxygen atoms in total. The molecule has 0 radical (unpaired) electrons. The number of nitrogens with one attached hydrogen (secondary N) is 1. The van der Waals surface area contributed by atoms with Gasteiger partial charge in [0.15, 0.2) is 0 Å². The number of hydrogen-bond donors (Lipinski definition) is 3. The Morgan fingerprint density at radius 2 is 0.859 bits per heavy atom. The number of aliphatic hydroxyl groups excluding tert-OH is 1. The predicted octanol–water partition coefficient (Wildman–Crippen LogP) is 17.6. The molecule has 0 aromatic rings. The molecule has 0 spiro atoms. The molecular formula is C62H110N2O6P+. The van der Waals surface area contributed by atoms with E-state index in [1.807, 2.05) is 39.4 Å². The van der Waals surface area contributed by atoms with Gasteiger partial charge in [-0.1, -0.05) is 245 Å². The first kappa shape index (κ1) is 68.2. The molecule has 0 bridgehead atoms. The van der Waals surface area contributed by atoms with E-state index in [-0.39, 0.29) is 25.5 Å². The van der Waals surface area contributed by atoms with Crippen LogP contribution in [0.1, 0.15) is 226 Å². The van der Waals surface area contributed by atoms with Gasteiger partial charge >= 0.3 is 7.82 Å². The number of quaternary nitrogens is 1. The summed E-state index contributed by atoms with van der Waals surface area (Å²) < 4.78 is 23.6. The summed E-state index contributed by atoms with van der Waals surface area (Å²) in [5.74, 6) is -0.276. The third-order valence-corrected chi connectivity index (χ3v) is 13.2. The fourth-order valence-electron chi connectivity index (χ4n) is 7.74. The summed E-state index contributed by atoms with van der Waals surface area (Å²) in [4.78, 5) is 23.2. The van der Waals surface area contributed by atoms with E-state index in [0.717, 1.165) is 64.2 Å². The van der Waals surface area contributed by atoms with Crippen molar-refractivity contribution in [1.82, 2.24) is 5.32 Å². The molecule has 0 rings (SSSR count). The minimum Gasteiger partial charge on any atom is -0.387 e. The molecule has 0 aromatic carbocycles. The Hall–Kier alpha value is -2.84. The lowest BCUT2D eigenvalue weighted by atomic mass is 10.0. The number of nitrogens with zero attached hydrogens (tertiary/aromatic N) is 1. The highest BCUT2D eigenvalue weighted by atomic mass is 31.2. The van der Waals surface area contributed by atoms with Crippen molar-refractivity contribution in [2.75, 3.05) is 40.9 Å². The predicted molar refractivity (Wildman–Crippen MR) is 309 cm³/mol. The van der Waals surface area contributed by atoms with Gasteiger partial charge in [-0.15, -0.1) is 0 Å². The smallest absolute Gasteiger partial charge is 0.387 e. The summed E-state index contributed by atoms with van der Waals surface area (Å²) >= 11 is 0. The van der Waals surface area contributed by atoms with Gasteiger partial charge in [-0.3, -0.25) is 13.8 Å². The summed E-state index contributed by atoms with van der Waals surface area (Å²) in [7, 11) is 1.48. The second kappa shape index (κ2) is 52.0. The average molecular weight is 1010 g/mol. The second-order valence-corrected chi connectivity index (χ2v) is 21.7. The molecule has 0 aliphatic rings. The van der Waals surface area contributed by atoms with Crippen molar-refractivity contribution in [3.63, 3.8) is 0 Å². The Labute approximate surface area is 438 Å². The minimum atomic E-state index is -4.39. The number of hydrogen-bond acceptors (Lipinski definition) is 5. The molecule has 408 valence electrons. The van der Waals surface area contributed by atoms with E-state index in [9.17, 15) is 19.4 Å². The molecule has 3 N–H and O–H groups in total. The van der Waals surface area contributed by atoms with Crippen LogP contribution in [0.2, 0.25) is 0 Å². The number of rotatable bonds is 51. The van der Waals surface area contributed by atoms with Crippen LogP contribution in [-0.2, 0) is 18.4 Å². The maximum atomic E-state index is 12.9. The third-order valence-electron chi connectivity index (χ3n) is 12.2. The van der Waals surface area contributed by atoms with Crippen LogP contribution in [0, 0.1) is 0 Å². The monoisotopic (exact) mass is 1010 g/mol. The standard InChI is InChI=1S/C62H109N2O6P/c1-6-8-10-12-14-16-18-20-22-24-26-27-28-29-30-31-32-33-34-35-36-38-39-41-43-45-47-49-51-53-55-61(65)60(59-70-71(67,68)69-58-57-64(3,4)5)63-62(66)56-54-52-50-48-46-44-42-40-37-25-23-21-19-17-15-13-11-9-7-2/h9,11,15,17,21,23,37-40,44-47,50,52-53,55,60-61,65H,6-8,10,12-14,16,18-20,22,24-36,41-43,48-49,51,54,56-59H2,1-5H3,(H-,63,66,67,68)/p+1/b11-9-,17-15-,23-21-,39-38+,40-37-,46-44-,47-45+,52-50-,55-53+. The normalized spacial score (nSPS) is 14.7. The van der Waals surface area contributed by atoms with Gasteiger partial charge in [0.05, 0.1) is 39.9 Å². The van der Waals surface area contributed by atoms with E-state index in [2.05, 4.69) is 104 Å². The molecule has 0 aliphatic heterocycles. The zero-order valence-electron chi connectivity index (χ0n) is 46.4. The van der Waals surface area contributed by atoms with Crippen molar-refractivity contribution < 1.29 is 32.9 Å². The highest BCUT2D eigenvalue weighted by Crippen LogP contribution is 2.43. The minimum absolute atomic E-state index is 0.0339.